The lowest BCUT2D eigenvalue weighted by Gasteiger charge is -2.04. The third kappa shape index (κ3) is 7.48. The Morgan fingerprint density at radius 2 is 2.06 bits per heavy atom. The van der Waals surface area contributed by atoms with Gasteiger partial charge in [-0.2, -0.15) is 0 Å². The Labute approximate surface area is 118 Å². The Morgan fingerprint density at radius 3 is 2.78 bits per heavy atom. The fourth-order valence-electron chi connectivity index (χ4n) is 1.38. The van der Waals surface area contributed by atoms with Gasteiger partial charge in [0.15, 0.2) is 0 Å². The summed E-state index contributed by atoms with van der Waals surface area (Å²) >= 11 is 6.64. The Balaban J connectivity index is 2.04. The van der Waals surface area contributed by atoms with Crippen LogP contribution in [0.4, 0.5) is 0 Å². The topological polar surface area (TPSA) is 29.5 Å². The molecule has 4 heteroatoms. The summed E-state index contributed by atoms with van der Waals surface area (Å²) in [6.07, 6.45) is 5.56. The number of ether oxygens (including phenoxy) is 1. The second-order valence-corrected chi connectivity index (χ2v) is 5.35. The Bertz CT molecular complexity index is 363. The van der Waals surface area contributed by atoms with Gasteiger partial charge in [-0.25, -0.2) is 0 Å². The lowest BCUT2D eigenvalue weighted by Crippen LogP contribution is -1.99. The van der Waals surface area contributed by atoms with E-state index in [-0.39, 0.29) is 6.61 Å². The van der Waals surface area contributed by atoms with Crippen LogP contribution in [0.3, 0.4) is 0 Å². The minimum absolute atomic E-state index is 0.0420. The molecule has 1 aromatic carbocycles. The summed E-state index contributed by atoms with van der Waals surface area (Å²) in [5.74, 6) is 0.970. The summed E-state index contributed by atoms with van der Waals surface area (Å²) in [5.41, 5.74) is 1.36. The van der Waals surface area contributed by atoms with E-state index in [4.69, 9.17) is 22.1 Å². The molecule has 0 aliphatic rings. The monoisotopic (exact) mass is 282 g/mol. The highest BCUT2D eigenvalue weighted by Gasteiger charge is 1.98. The zero-order valence-corrected chi connectivity index (χ0v) is 11.9. The summed E-state index contributed by atoms with van der Waals surface area (Å²) in [5, 5.41) is 8.53. The molecular formula is C14H18O2S2. The van der Waals surface area contributed by atoms with Gasteiger partial charge in [-0.15, -0.1) is 0 Å². The summed E-state index contributed by atoms with van der Waals surface area (Å²) in [4.78, 5) is 0. The Hall–Kier alpha value is -0.840. The minimum atomic E-state index is 0.0420. The smallest absolute Gasteiger partial charge is 0.220 e. The van der Waals surface area contributed by atoms with E-state index in [1.807, 2.05) is 6.07 Å². The van der Waals surface area contributed by atoms with Crippen molar-refractivity contribution in [1.82, 2.24) is 0 Å². The summed E-state index contributed by atoms with van der Waals surface area (Å²) < 4.78 is 5.87. The van der Waals surface area contributed by atoms with Crippen LogP contribution >= 0.6 is 24.0 Å². The van der Waals surface area contributed by atoms with E-state index >= 15 is 0 Å². The van der Waals surface area contributed by atoms with E-state index in [1.165, 1.54) is 5.56 Å². The summed E-state index contributed by atoms with van der Waals surface area (Å²) in [6, 6.07) is 10.4. The van der Waals surface area contributed by atoms with Gasteiger partial charge < -0.3 is 9.84 Å². The molecule has 2 nitrogen and oxygen atoms in total. The van der Waals surface area contributed by atoms with Crippen molar-refractivity contribution in [3.63, 3.8) is 0 Å². The van der Waals surface area contributed by atoms with Crippen LogP contribution in [0.25, 0.3) is 0 Å². The number of aryl methyl sites for hydroxylation is 1. The number of benzene rings is 1. The van der Waals surface area contributed by atoms with Crippen molar-refractivity contribution in [1.29, 1.82) is 0 Å². The van der Waals surface area contributed by atoms with Gasteiger partial charge in [0.2, 0.25) is 4.38 Å². The molecule has 0 aliphatic carbocycles. The van der Waals surface area contributed by atoms with Crippen LogP contribution in [-0.2, 0) is 11.2 Å². The van der Waals surface area contributed by atoms with E-state index in [2.05, 4.69) is 24.3 Å². The number of aliphatic hydroxyl groups excluding tert-OH is 1. The van der Waals surface area contributed by atoms with Crippen LogP contribution in [0, 0.1) is 0 Å². The number of hydrogen-bond donors (Lipinski definition) is 1. The molecule has 0 bridgehead atoms. The number of rotatable bonds is 7. The molecule has 1 N–H and O–H groups in total. The molecule has 1 rings (SSSR count). The largest absolute Gasteiger partial charge is 0.474 e. The fraction of sp³-hybridized carbons (Fsp3) is 0.357. The van der Waals surface area contributed by atoms with Crippen molar-refractivity contribution < 1.29 is 9.84 Å². The molecule has 0 unspecified atom stereocenters. The maximum atomic E-state index is 8.53. The van der Waals surface area contributed by atoms with Gasteiger partial charge in [0.1, 0.15) is 6.61 Å². The van der Waals surface area contributed by atoms with Gasteiger partial charge in [0.25, 0.3) is 0 Å². The second kappa shape index (κ2) is 10.1. The van der Waals surface area contributed by atoms with Crippen LogP contribution < -0.4 is 0 Å². The molecule has 98 valence electrons. The van der Waals surface area contributed by atoms with Gasteiger partial charge in [0.05, 0.1) is 6.61 Å². The fourth-order valence-corrected chi connectivity index (χ4v) is 2.30. The number of aliphatic hydroxyl groups is 1. The normalized spacial score (nSPS) is 10.7. The van der Waals surface area contributed by atoms with Gasteiger partial charge in [-0.3, -0.25) is 0 Å². The van der Waals surface area contributed by atoms with E-state index < -0.39 is 0 Å². The highest BCUT2D eigenvalue weighted by atomic mass is 32.2. The Morgan fingerprint density at radius 1 is 1.28 bits per heavy atom. The first kappa shape index (κ1) is 15.2. The molecule has 0 fully saturated rings. The predicted molar refractivity (Wildman–Crippen MR) is 82.0 cm³/mol. The van der Waals surface area contributed by atoms with Gasteiger partial charge >= 0.3 is 0 Å². The SMILES string of the molecule is OC/C=C/COC(=S)SCCCc1ccccc1. The maximum Gasteiger partial charge on any atom is 0.220 e. The average molecular weight is 282 g/mol. The first-order valence-corrected chi connectivity index (χ1v) is 7.31. The molecule has 0 radical (unpaired) electrons. The maximum absolute atomic E-state index is 8.53. The average Bonchev–Trinajstić information content (AvgIpc) is 2.41. The summed E-state index contributed by atoms with van der Waals surface area (Å²) in [6.45, 7) is 0.478. The molecular weight excluding hydrogens is 264 g/mol. The van der Waals surface area contributed by atoms with Gasteiger partial charge in [0, 0.05) is 5.75 Å². The van der Waals surface area contributed by atoms with Crippen LogP contribution in [0.15, 0.2) is 42.5 Å². The third-order valence-electron chi connectivity index (χ3n) is 2.24. The van der Waals surface area contributed by atoms with Gasteiger partial charge in [-0.05, 0) is 36.7 Å². The highest BCUT2D eigenvalue weighted by Crippen LogP contribution is 2.10. The van der Waals surface area contributed by atoms with E-state index in [0.717, 1.165) is 18.6 Å². The quantitative estimate of drug-likeness (QED) is 0.472. The van der Waals surface area contributed by atoms with Crippen molar-refractivity contribution in [3.05, 3.63) is 48.0 Å². The molecule has 0 saturated heterocycles. The van der Waals surface area contributed by atoms with Crippen LogP contribution in [-0.4, -0.2) is 28.5 Å². The lowest BCUT2D eigenvalue weighted by atomic mass is 10.1. The first-order chi connectivity index (χ1) is 8.83. The number of thiocarbonyl (C=S) groups is 1. The lowest BCUT2D eigenvalue weighted by molar-refractivity contribution is 0.337. The molecule has 0 spiro atoms. The van der Waals surface area contributed by atoms with Crippen LogP contribution in [0.1, 0.15) is 12.0 Å². The molecule has 0 aliphatic heterocycles. The van der Waals surface area contributed by atoms with Crippen LogP contribution in [0.2, 0.25) is 0 Å². The summed E-state index contributed by atoms with van der Waals surface area (Å²) in [7, 11) is 0. The number of hydrogen-bond acceptors (Lipinski definition) is 4. The van der Waals surface area contributed by atoms with Crippen LogP contribution in [0.5, 0.6) is 0 Å². The Kier molecular flexibility index (Phi) is 8.55. The molecule has 1 aromatic rings. The standard InChI is InChI=1S/C14H18O2S2/c15-10-4-5-11-16-14(17)18-12-6-9-13-7-2-1-3-8-13/h1-5,7-8,15H,6,9-12H2/b5-4+. The van der Waals surface area contributed by atoms with Crippen molar-refractivity contribution in [2.24, 2.45) is 0 Å². The predicted octanol–water partition coefficient (Wildman–Crippen LogP) is 3.20. The molecule has 0 heterocycles. The van der Waals surface area contributed by atoms with Crippen molar-refractivity contribution in [2.75, 3.05) is 19.0 Å². The zero-order valence-electron chi connectivity index (χ0n) is 10.2. The molecule has 0 atom stereocenters. The zero-order chi connectivity index (χ0) is 13.1. The third-order valence-corrected chi connectivity index (χ3v) is 3.56. The minimum Gasteiger partial charge on any atom is -0.474 e. The number of thioether (sulfide) groups is 1. The molecule has 0 aromatic heterocycles. The molecule has 0 amide bonds. The van der Waals surface area contributed by atoms with Crippen molar-refractivity contribution in [2.45, 2.75) is 12.8 Å². The van der Waals surface area contributed by atoms with Crippen molar-refractivity contribution >= 4 is 28.4 Å². The molecule has 18 heavy (non-hydrogen) atoms. The van der Waals surface area contributed by atoms with Crippen molar-refractivity contribution in [3.8, 4) is 0 Å². The van der Waals surface area contributed by atoms with E-state index in [9.17, 15) is 0 Å². The van der Waals surface area contributed by atoms with Gasteiger partial charge in [-0.1, -0.05) is 48.2 Å². The van der Waals surface area contributed by atoms with E-state index in [1.54, 1.807) is 23.9 Å². The van der Waals surface area contributed by atoms with E-state index in [0.29, 0.717) is 11.0 Å². The second-order valence-electron chi connectivity index (χ2n) is 3.65. The highest BCUT2D eigenvalue weighted by molar-refractivity contribution is 8.22. The first-order valence-electron chi connectivity index (χ1n) is 5.92. The molecule has 0 saturated carbocycles.